The minimum atomic E-state index is -1.08. The number of hydrogen-bond acceptors (Lipinski definition) is 8. The lowest BCUT2D eigenvalue weighted by Crippen LogP contribution is -2.55. The van der Waals surface area contributed by atoms with Crippen LogP contribution in [0.5, 0.6) is 0 Å². The van der Waals surface area contributed by atoms with Crippen LogP contribution in [0.4, 0.5) is 0 Å². The Bertz CT molecular complexity index is 1040. The second-order valence-electron chi connectivity index (χ2n) is 8.33. The lowest BCUT2D eigenvalue weighted by Gasteiger charge is -2.30. The summed E-state index contributed by atoms with van der Waals surface area (Å²) in [4.78, 5) is 52.9. The van der Waals surface area contributed by atoms with Gasteiger partial charge in [-0.05, 0) is 12.8 Å². The molecule has 2 aromatic rings. The number of aromatic nitrogens is 1. The van der Waals surface area contributed by atoms with Crippen molar-refractivity contribution in [3.8, 4) is 10.6 Å². The number of aliphatic hydroxyl groups is 1. The number of benzene rings is 1. The Labute approximate surface area is 219 Å². The highest BCUT2D eigenvalue weighted by Crippen LogP contribution is 2.29. The Morgan fingerprint density at radius 1 is 1.08 bits per heavy atom. The summed E-state index contributed by atoms with van der Waals surface area (Å²) in [7, 11) is 0. The molecule has 1 aliphatic rings. The van der Waals surface area contributed by atoms with E-state index in [-0.39, 0.29) is 24.4 Å². The number of rotatable bonds is 11. The third kappa shape index (κ3) is 9.90. The van der Waals surface area contributed by atoms with Crippen molar-refractivity contribution in [3.63, 3.8) is 0 Å². The number of piperazine rings is 1. The molecule has 1 aromatic heterocycles. The fourth-order valence-electron chi connectivity index (χ4n) is 3.47. The number of thiazole rings is 1. The molecule has 1 atom stereocenters. The van der Waals surface area contributed by atoms with Gasteiger partial charge in [0.1, 0.15) is 16.7 Å². The van der Waals surface area contributed by atoms with Gasteiger partial charge in [0.15, 0.2) is 0 Å². The molecular formula is C25H34N4O7S. The highest BCUT2D eigenvalue weighted by Gasteiger charge is 2.28. The number of carbonyl (C=O) groups excluding carboxylic acids is 2. The lowest BCUT2D eigenvalue weighted by molar-refractivity contribution is -0.138. The van der Waals surface area contributed by atoms with Gasteiger partial charge in [0, 0.05) is 43.0 Å². The molecule has 0 saturated carbocycles. The van der Waals surface area contributed by atoms with Crippen molar-refractivity contribution in [2.75, 3.05) is 32.8 Å². The van der Waals surface area contributed by atoms with E-state index in [0.717, 1.165) is 18.4 Å². The first kappa shape index (κ1) is 29.9. The average molecular weight is 535 g/mol. The molecule has 1 aliphatic heterocycles. The van der Waals surface area contributed by atoms with E-state index in [9.17, 15) is 24.3 Å². The molecule has 12 heteroatoms. The summed E-state index contributed by atoms with van der Waals surface area (Å²) in [5, 5.41) is 33.1. The number of aliphatic carboxylic acids is 2. The summed E-state index contributed by atoms with van der Waals surface area (Å²) < 4.78 is 0. The lowest BCUT2D eigenvalue weighted by atomic mass is 10.2. The molecule has 1 saturated heterocycles. The smallest absolute Gasteiger partial charge is 0.303 e. The van der Waals surface area contributed by atoms with Crippen LogP contribution in [0.25, 0.3) is 10.6 Å². The SMILES string of the molecule is CCCCC(=O)O.O=C(O)CCc1sc(-c2ccccc2)nc1C(=O)NC(CO)C(=O)N1CCNCC1. The van der Waals surface area contributed by atoms with Crippen LogP contribution in [0.1, 0.15) is 48.0 Å². The molecule has 5 N–H and O–H groups in total. The second kappa shape index (κ2) is 15.7. The van der Waals surface area contributed by atoms with Crippen molar-refractivity contribution in [2.45, 2.75) is 45.1 Å². The number of amides is 2. The average Bonchev–Trinajstić information content (AvgIpc) is 3.35. The molecule has 11 nitrogen and oxygen atoms in total. The van der Waals surface area contributed by atoms with Crippen LogP contribution >= 0.6 is 11.3 Å². The number of nitrogens with one attached hydrogen (secondary N) is 2. The van der Waals surface area contributed by atoms with Gasteiger partial charge in [-0.3, -0.25) is 19.2 Å². The van der Waals surface area contributed by atoms with Crippen LogP contribution in [-0.2, 0) is 20.8 Å². The number of nitrogens with zero attached hydrogens (tertiary/aromatic N) is 2. The van der Waals surface area contributed by atoms with Gasteiger partial charge in [0.25, 0.3) is 5.91 Å². The molecular weight excluding hydrogens is 500 g/mol. The summed E-state index contributed by atoms with van der Waals surface area (Å²) in [6.07, 6.45) is 2.09. The van der Waals surface area contributed by atoms with E-state index in [0.29, 0.717) is 42.5 Å². The van der Waals surface area contributed by atoms with Crippen LogP contribution in [0.15, 0.2) is 30.3 Å². The third-order valence-corrected chi connectivity index (χ3v) is 6.62. The van der Waals surface area contributed by atoms with Crippen molar-refractivity contribution < 1.29 is 34.5 Å². The van der Waals surface area contributed by atoms with Crippen LogP contribution in [0.2, 0.25) is 0 Å². The maximum Gasteiger partial charge on any atom is 0.303 e. The first-order valence-corrected chi connectivity index (χ1v) is 13.0. The van der Waals surface area contributed by atoms with E-state index in [1.807, 2.05) is 37.3 Å². The van der Waals surface area contributed by atoms with E-state index >= 15 is 0 Å². The zero-order chi connectivity index (χ0) is 27.2. The zero-order valence-corrected chi connectivity index (χ0v) is 21.6. The molecule has 1 aromatic carbocycles. The van der Waals surface area contributed by atoms with E-state index in [2.05, 4.69) is 15.6 Å². The molecule has 0 spiro atoms. The van der Waals surface area contributed by atoms with Gasteiger partial charge in [0.2, 0.25) is 5.91 Å². The van der Waals surface area contributed by atoms with Crippen molar-refractivity contribution in [1.82, 2.24) is 20.5 Å². The number of carbonyl (C=O) groups is 4. The van der Waals surface area contributed by atoms with Gasteiger partial charge in [-0.25, -0.2) is 4.98 Å². The maximum atomic E-state index is 12.9. The molecule has 37 heavy (non-hydrogen) atoms. The molecule has 1 fully saturated rings. The maximum absolute atomic E-state index is 12.9. The van der Waals surface area contributed by atoms with Gasteiger partial charge >= 0.3 is 11.9 Å². The summed E-state index contributed by atoms with van der Waals surface area (Å²) >= 11 is 1.25. The fraction of sp³-hybridized carbons (Fsp3) is 0.480. The second-order valence-corrected chi connectivity index (χ2v) is 9.42. The highest BCUT2D eigenvalue weighted by atomic mass is 32.1. The van der Waals surface area contributed by atoms with E-state index < -0.39 is 30.5 Å². The van der Waals surface area contributed by atoms with E-state index in [1.54, 1.807) is 4.90 Å². The van der Waals surface area contributed by atoms with Crippen molar-refractivity contribution in [3.05, 3.63) is 40.9 Å². The Morgan fingerprint density at radius 2 is 1.73 bits per heavy atom. The largest absolute Gasteiger partial charge is 0.481 e. The summed E-state index contributed by atoms with van der Waals surface area (Å²) in [6, 6.07) is 8.19. The van der Waals surface area contributed by atoms with Crippen LogP contribution < -0.4 is 10.6 Å². The monoisotopic (exact) mass is 534 g/mol. The predicted octanol–water partition coefficient (Wildman–Crippen LogP) is 1.61. The molecule has 202 valence electrons. The molecule has 0 bridgehead atoms. The fourth-order valence-corrected chi connectivity index (χ4v) is 4.53. The van der Waals surface area contributed by atoms with Gasteiger partial charge in [0.05, 0.1) is 13.0 Å². The number of aryl methyl sites for hydroxylation is 1. The molecule has 0 radical (unpaired) electrons. The van der Waals surface area contributed by atoms with E-state index in [1.165, 1.54) is 11.3 Å². The van der Waals surface area contributed by atoms with Gasteiger partial charge in [-0.15, -0.1) is 11.3 Å². The first-order valence-electron chi connectivity index (χ1n) is 12.2. The Morgan fingerprint density at radius 3 is 2.27 bits per heavy atom. The van der Waals surface area contributed by atoms with Gasteiger partial charge in [-0.1, -0.05) is 43.7 Å². The third-order valence-electron chi connectivity index (χ3n) is 5.46. The summed E-state index contributed by atoms with van der Waals surface area (Å²) in [5.41, 5.74) is 0.903. The number of carboxylic acids is 2. The number of hydrogen-bond donors (Lipinski definition) is 5. The molecule has 2 heterocycles. The molecule has 3 rings (SSSR count). The number of unbranched alkanes of at least 4 members (excludes halogenated alkanes) is 1. The standard InChI is InChI=1S/C20H24N4O5S.C5H10O2/c25-12-14(20(29)24-10-8-21-9-11-24)22-18(28)17-15(6-7-16(26)27)30-19(23-17)13-4-2-1-3-5-13;1-2-3-4-5(6)7/h1-5,14,21,25H,6-12H2,(H,22,28)(H,26,27);2-4H2,1H3,(H,6,7). The quantitative estimate of drug-likeness (QED) is 0.287. The number of carboxylic acid groups (broad SMARTS) is 2. The van der Waals surface area contributed by atoms with Gasteiger partial charge in [-0.2, -0.15) is 0 Å². The highest BCUT2D eigenvalue weighted by molar-refractivity contribution is 7.15. The normalized spacial score (nSPS) is 13.7. The summed E-state index contributed by atoms with van der Waals surface area (Å²) in [5.74, 6) is -2.62. The summed E-state index contributed by atoms with van der Waals surface area (Å²) in [6.45, 7) is 3.76. The number of aliphatic hydroxyl groups excluding tert-OH is 1. The van der Waals surface area contributed by atoms with Crippen molar-refractivity contribution in [1.29, 1.82) is 0 Å². The minimum absolute atomic E-state index is 0.0895. The molecule has 0 aliphatic carbocycles. The van der Waals surface area contributed by atoms with Gasteiger partial charge < -0.3 is 30.9 Å². The first-order chi connectivity index (χ1) is 17.8. The Kier molecular flexibility index (Phi) is 12.7. The predicted molar refractivity (Wildman–Crippen MR) is 138 cm³/mol. The van der Waals surface area contributed by atoms with Crippen molar-refractivity contribution >= 4 is 35.1 Å². The van der Waals surface area contributed by atoms with Crippen molar-refractivity contribution in [2.24, 2.45) is 0 Å². The Hall–Kier alpha value is -3.35. The zero-order valence-electron chi connectivity index (χ0n) is 20.8. The molecule has 1 unspecified atom stereocenters. The van der Waals surface area contributed by atoms with Crippen LogP contribution in [0.3, 0.4) is 0 Å². The van der Waals surface area contributed by atoms with E-state index in [4.69, 9.17) is 10.2 Å². The topological polar surface area (TPSA) is 169 Å². The van der Waals surface area contributed by atoms with Crippen LogP contribution in [0, 0.1) is 0 Å². The minimum Gasteiger partial charge on any atom is -0.481 e. The van der Waals surface area contributed by atoms with Crippen LogP contribution in [-0.4, -0.2) is 87.8 Å². The molecule has 2 amide bonds. The Balaban J connectivity index is 0.000000604.